The van der Waals surface area contributed by atoms with Crippen LogP contribution in [-0.2, 0) is 4.79 Å². The Balaban J connectivity index is 2.92. The van der Waals surface area contributed by atoms with Gasteiger partial charge in [0.15, 0.2) is 5.12 Å². The fourth-order valence-corrected chi connectivity index (χ4v) is 1.95. The quantitative estimate of drug-likeness (QED) is 0.423. The highest BCUT2D eigenvalue weighted by atomic mass is 32.2. The molecule has 14 heavy (non-hydrogen) atoms. The zero-order chi connectivity index (χ0) is 10.6. The first-order chi connectivity index (χ1) is 6.77. The van der Waals surface area contributed by atoms with Crippen molar-refractivity contribution in [3.05, 3.63) is 12.7 Å². The van der Waals surface area contributed by atoms with Crippen LogP contribution in [0.4, 0.5) is 0 Å². The topological polar surface area (TPSA) is 17.1 Å². The van der Waals surface area contributed by atoms with Crippen molar-refractivity contribution in [3.63, 3.8) is 0 Å². The Morgan fingerprint density at radius 2 is 1.71 bits per heavy atom. The van der Waals surface area contributed by atoms with E-state index in [0.717, 1.165) is 12.2 Å². The third-order valence-electron chi connectivity index (χ3n) is 2.11. The standard InChI is InChI=1S/C12H22OS/c1-3-4-5-6-7-8-9-10-11-14-12(2)13/h3H,1,4-11H2,2H3. The first-order valence-electron chi connectivity index (χ1n) is 5.51. The highest BCUT2D eigenvalue weighted by molar-refractivity contribution is 8.13. The average Bonchev–Trinajstić information content (AvgIpc) is 2.15. The van der Waals surface area contributed by atoms with Crippen LogP contribution in [0.1, 0.15) is 51.9 Å². The molecule has 0 aliphatic rings. The molecule has 0 spiro atoms. The van der Waals surface area contributed by atoms with Crippen molar-refractivity contribution in [1.82, 2.24) is 0 Å². The number of carbonyl (C=O) groups excluding carboxylic acids is 1. The minimum atomic E-state index is 0.246. The highest BCUT2D eigenvalue weighted by Crippen LogP contribution is 2.10. The number of hydrogen-bond donors (Lipinski definition) is 0. The van der Waals surface area contributed by atoms with Gasteiger partial charge in [-0.1, -0.05) is 43.5 Å². The summed E-state index contributed by atoms with van der Waals surface area (Å²) in [7, 11) is 0. The minimum Gasteiger partial charge on any atom is -0.288 e. The Morgan fingerprint density at radius 3 is 2.29 bits per heavy atom. The molecular formula is C12H22OS. The van der Waals surface area contributed by atoms with E-state index in [2.05, 4.69) is 6.58 Å². The van der Waals surface area contributed by atoms with Gasteiger partial charge in [-0.15, -0.1) is 6.58 Å². The second-order valence-corrected chi connectivity index (χ2v) is 4.81. The Hall–Kier alpha value is -0.240. The second kappa shape index (κ2) is 10.8. The van der Waals surface area contributed by atoms with Gasteiger partial charge in [0, 0.05) is 12.7 Å². The molecule has 0 aromatic heterocycles. The van der Waals surface area contributed by atoms with E-state index < -0.39 is 0 Å². The maximum absolute atomic E-state index is 10.6. The molecule has 2 heteroatoms. The van der Waals surface area contributed by atoms with Gasteiger partial charge < -0.3 is 0 Å². The molecule has 1 nitrogen and oxygen atoms in total. The van der Waals surface area contributed by atoms with Crippen LogP contribution in [0.5, 0.6) is 0 Å². The molecule has 0 radical (unpaired) electrons. The SMILES string of the molecule is C=CCCCCCCCCSC(C)=O. The zero-order valence-electron chi connectivity index (χ0n) is 9.26. The Kier molecular flexibility index (Phi) is 10.7. The molecule has 0 rings (SSSR count). The van der Waals surface area contributed by atoms with Gasteiger partial charge in [0.25, 0.3) is 0 Å². The van der Waals surface area contributed by atoms with Crippen molar-refractivity contribution < 1.29 is 4.79 Å². The number of rotatable bonds is 9. The van der Waals surface area contributed by atoms with Gasteiger partial charge in [-0.2, -0.15) is 0 Å². The molecule has 0 saturated heterocycles. The predicted octanol–water partition coefficient (Wildman–Crippen LogP) is 4.18. The summed E-state index contributed by atoms with van der Waals surface area (Å²) in [5.41, 5.74) is 0. The van der Waals surface area contributed by atoms with Crippen LogP contribution in [0.2, 0.25) is 0 Å². The first-order valence-corrected chi connectivity index (χ1v) is 6.50. The predicted molar refractivity (Wildman–Crippen MR) is 65.7 cm³/mol. The van der Waals surface area contributed by atoms with Gasteiger partial charge in [0.1, 0.15) is 0 Å². The molecule has 82 valence electrons. The monoisotopic (exact) mass is 214 g/mol. The van der Waals surface area contributed by atoms with E-state index in [-0.39, 0.29) is 5.12 Å². The Bertz CT molecular complexity index is 154. The second-order valence-electron chi connectivity index (χ2n) is 3.54. The molecule has 0 aromatic rings. The summed E-state index contributed by atoms with van der Waals surface area (Å²) in [6.07, 6.45) is 10.9. The van der Waals surface area contributed by atoms with E-state index in [4.69, 9.17) is 0 Å². The third-order valence-corrected chi connectivity index (χ3v) is 3.01. The fraction of sp³-hybridized carbons (Fsp3) is 0.750. The first kappa shape index (κ1) is 13.8. The summed E-state index contributed by atoms with van der Waals surface area (Å²) in [5, 5.41) is 0.246. The number of hydrogen-bond acceptors (Lipinski definition) is 2. The van der Waals surface area contributed by atoms with Crippen molar-refractivity contribution >= 4 is 16.9 Å². The minimum absolute atomic E-state index is 0.246. The molecule has 0 bridgehead atoms. The molecule has 0 aromatic carbocycles. The summed E-state index contributed by atoms with van der Waals surface area (Å²) in [4.78, 5) is 10.6. The van der Waals surface area contributed by atoms with Gasteiger partial charge in [-0.05, 0) is 19.3 Å². The van der Waals surface area contributed by atoms with Crippen LogP contribution in [0.15, 0.2) is 12.7 Å². The van der Waals surface area contributed by atoms with Gasteiger partial charge >= 0.3 is 0 Å². The van der Waals surface area contributed by atoms with Crippen LogP contribution in [0.25, 0.3) is 0 Å². The number of carbonyl (C=O) groups is 1. The zero-order valence-corrected chi connectivity index (χ0v) is 10.1. The molecular weight excluding hydrogens is 192 g/mol. The molecule has 0 N–H and O–H groups in total. The van der Waals surface area contributed by atoms with Crippen molar-refractivity contribution in [3.8, 4) is 0 Å². The van der Waals surface area contributed by atoms with E-state index in [0.29, 0.717) is 0 Å². The highest BCUT2D eigenvalue weighted by Gasteiger charge is 1.94. The van der Waals surface area contributed by atoms with E-state index >= 15 is 0 Å². The summed E-state index contributed by atoms with van der Waals surface area (Å²) < 4.78 is 0. The van der Waals surface area contributed by atoms with E-state index in [1.807, 2.05) is 6.08 Å². The number of thioether (sulfide) groups is 1. The number of unbranched alkanes of at least 4 members (excludes halogenated alkanes) is 6. The van der Waals surface area contributed by atoms with E-state index in [9.17, 15) is 4.79 Å². The lowest BCUT2D eigenvalue weighted by molar-refractivity contribution is -0.109. The lowest BCUT2D eigenvalue weighted by Crippen LogP contribution is -1.86. The van der Waals surface area contributed by atoms with Crippen molar-refractivity contribution in [2.75, 3.05) is 5.75 Å². The lowest BCUT2D eigenvalue weighted by atomic mass is 10.1. The van der Waals surface area contributed by atoms with Gasteiger partial charge in [0.2, 0.25) is 0 Å². The van der Waals surface area contributed by atoms with Crippen molar-refractivity contribution in [1.29, 1.82) is 0 Å². The smallest absolute Gasteiger partial charge is 0.185 e. The molecule has 0 fully saturated rings. The largest absolute Gasteiger partial charge is 0.288 e. The summed E-state index contributed by atoms with van der Waals surface area (Å²) in [6, 6.07) is 0. The third kappa shape index (κ3) is 11.8. The maximum Gasteiger partial charge on any atom is 0.185 e. The summed E-state index contributed by atoms with van der Waals surface area (Å²) in [5.74, 6) is 1.00. The van der Waals surface area contributed by atoms with Gasteiger partial charge in [-0.25, -0.2) is 0 Å². The Morgan fingerprint density at radius 1 is 1.14 bits per heavy atom. The van der Waals surface area contributed by atoms with Crippen molar-refractivity contribution in [2.24, 2.45) is 0 Å². The van der Waals surface area contributed by atoms with Crippen LogP contribution in [0, 0.1) is 0 Å². The molecule has 0 heterocycles. The van der Waals surface area contributed by atoms with Crippen LogP contribution < -0.4 is 0 Å². The molecule has 0 atom stereocenters. The molecule has 0 aliphatic carbocycles. The summed E-state index contributed by atoms with van der Waals surface area (Å²) >= 11 is 1.45. The fourth-order valence-electron chi connectivity index (χ4n) is 1.31. The number of allylic oxidation sites excluding steroid dienone is 1. The van der Waals surface area contributed by atoms with Crippen LogP contribution in [0.3, 0.4) is 0 Å². The lowest BCUT2D eigenvalue weighted by Gasteiger charge is -1.99. The molecule has 0 amide bonds. The van der Waals surface area contributed by atoms with E-state index in [1.54, 1.807) is 6.92 Å². The maximum atomic E-state index is 10.6. The van der Waals surface area contributed by atoms with E-state index in [1.165, 1.54) is 50.3 Å². The normalized spacial score (nSPS) is 10.1. The van der Waals surface area contributed by atoms with Crippen LogP contribution in [-0.4, -0.2) is 10.9 Å². The summed E-state index contributed by atoms with van der Waals surface area (Å²) in [6.45, 7) is 5.34. The molecule has 0 aliphatic heterocycles. The van der Waals surface area contributed by atoms with Gasteiger partial charge in [-0.3, -0.25) is 4.79 Å². The molecule has 0 saturated carbocycles. The Labute approximate surface area is 92.3 Å². The average molecular weight is 214 g/mol. The molecule has 0 unspecified atom stereocenters. The van der Waals surface area contributed by atoms with Gasteiger partial charge in [0.05, 0.1) is 0 Å². The van der Waals surface area contributed by atoms with Crippen molar-refractivity contribution in [2.45, 2.75) is 51.9 Å². The van der Waals surface area contributed by atoms with Crippen LogP contribution >= 0.6 is 11.8 Å².